The smallest absolute Gasteiger partial charge is 0.257 e. The van der Waals surface area contributed by atoms with Crippen molar-refractivity contribution in [2.45, 2.75) is 18.9 Å². The van der Waals surface area contributed by atoms with E-state index in [4.69, 9.17) is 12.2 Å². The number of fused-ring (bicyclic) bond motifs is 4. The first-order valence-corrected chi connectivity index (χ1v) is 8.97. The summed E-state index contributed by atoms with van der Waals surface area (Å²) in [5.74, 6) is -0.191. The molecule has 134 valence electrons. The van der Waals surface area contributed by atoms with E-state index in [9.17, 15) is 14.0 Å². The lowest BCUT2D eigenvalue weighted by Gasteiger charge is -2.43. The molecular formula is C19H18FN3O2S. The van der Waals surface area contributed by atoms with Gasteiger partial charge in [0.05, 0.1) is 0 Å². The molecule has 3 heterocycles. The molecule has 1 aromatic carbocycles. The molecule has 1 fully saturated rings. The van der Waals surface area contributed by atoms with Crippen molar-refractivity contribution in [3.05, 3.63) is 69.9 Å². The second-order valence-electron chi connectivity index (χ2n) is 6.87. The number of thiocarbonyl (C=S) groups is 1. The Kier molecular flexibility index (Phi) is 4.32. The van der Waals surface area contributed by atoms with Gasteiger partial charge in [0.1, 0.15) is 5.82 Å². The van der Waals surface area contributed by atoms with E-state index in [1.807, 2.05) is 15.5 Å². The fourth-order valence-electron chi connectivity index (χ4n) is 3.91. The number of pyridine rings is 1. The van der Waals surface area contributed by atoms with Crippen LogP contribution in [0.2, 0.25) is 0 Å². The number of carbonyl (C=O) groups excluding carboxylic acids is 1. The summed E-state index contributed by atoms with van der Waals surface area (Å²) < 4.78 is 14.9. The van der Waals surface area contributed by atoms with Crippen LogP contribution in [0.15, 0.2) is 47.3 Å². The van der Waals surface area contributed by atoms with Gasteiger partial charge >= 0.3 is 0 Å². The van der Waals surface area contributed by atoms with Gasteiger partial charge < -0.3 is 9.47 Å². The van der Waals surface area contributed by atoms with Gasteiger partial charge in [-0.3, -0.25) is 14.9 Å². The molecule has 2 aliphatic heterocycles. The predicted octanol–water partition coefficient (Wildman–Crippen LogP) is 2.12. The Labute approximate surface area is 155 Å². The molecule has 0 aliphatic carbocycles. The lowest BCUT2D eigenvalue weighted by Crippen LogP contribution is -2.52. The zero-order chi connectivity index (χ0) is 18.3. The molecule has 2 aromatic rings. The quantitative estimate of drug-likeness (QED) is 0.781. The van der Waals surface area contributed by atoms with Crippen LogP contribution in [-0.4, -0.2) is 33.6 Å². The number of hydrogen-bond donors (Lipinski definition) is 1. The highest BCUT2D eigenvalue weighted by atomic mass is 32.1. The zero-order valence-electron chi connectivity index (χ0n) is 14.0. The topological polar surface area (TPSA) is 54.3 Å². The van der Waals surface area contributed by atoms with E-state index >= 15 is 0 Å². The number of piperidine rings is 1. The van der Waals surface area contributed by atoms with Crippen molar-refractivity contribution in [3.8, 4) is 0 Å². The van der Waals surface area contributed by atoms with Crippen molar-refractivity contribution in [1.29, 1.82) is 0 Å². The van der Waals surface area contributed by atoms with E-state index in [1.54, 1.807) is 12.1 Å². The molecule has 26 heavy (non-hydrogen) atoms. The lowest BCUT2D eigenvalue weighted by molar-refractivity contribution is 0.0968. The van der Waals surface area contributed by atoms with E-state index in [2.05, 4.69) is 5.32 Å². The van der Waals surface area contributed by atoms with Crippen molar-refractivity contribution in [2.75, 3.05) is 13.1 Å². The number of rotatable bonds is 1. The van der Waals surface area contributed by atoms with Gasteiger partial charge in [0.25, 0.3) is 11.5 Å². The first kappa shape index (κ1) is 16.9. The van der Waals surface area contributed by atoms with Crippen LogP contribution in [0.1, 0.15) is 28.4 Å². The Bertz CT molecular complexity index is 925. The van der Waals surface area contributed by atoms with Crippen molar-refractivity contribution >= 4 is 23.2 Å². The van der Waals surface area contributed by atoms with Gasteiger partial charge in [-0.25, -0.2) is 4.39 Å². The van der Waals surface area contributed by atoms with Gasteiger partial charge in [0.2, 0.25) is 0 Å². The number of hydrogen-bond acceptors (Lipinski definition) is 3. The highest BCUT2D eigenvalue weighted by molar-refractivity contribution is 7.80. The average Bonchev–Trinajstić information content (AvgIpc) is 2.63. The molecule has 2 aliphatic rings. The molecule has 0 radical (unpaired) electrons. The first-order valence-electron chi connectivity index (χ1n) is 8.57. The van der Waals surface area contributed by atoms with Crippen molar-refractivity contribution in [2.24, 2.45) is 5.92 Å². The number of aromatic nitrogens is 1. The number of nitrogens with zero attached hydrogens (tertiary/aromatic N) is 2. The van der Waals surface area contributed by atoms with E-state index < -0.39 is 0 Å². The van der Waals surface area contributed by atoms with Crippen LogP contribution in [0.5, 0.6) is 0 Å². The standard InChI is InChI=1S/C19H18FN3O2S/c20-15-6-4-13(5-7-15)18(25)21-19(26)22-9-12-8-14(11-22)16-2-1-3-17(24)23(16)10-12/h1-7,12,14H,8-11H2,(H,21,25,26). The Morgan fingerprint density at radius 3 is 2.65 bits per heavy atom. The molecule has 1 amide bonds. The van der Waals surface area contributed by atoms with Gasteiger partial charge in [-0.15, -0.1) is 0 Å². The number of benzene rings is 1. The number of likely N-dealkylation sites (tertiary alicyclic amines) is 1. The molecule has 2 atom stereocenters. The minimum Gasteiger partial charge on any atom is -0.348 e. The van der Waals surface area contributed by atoms with Crippen molar-refractivity contribution in [3.63, 3.8) is 0 Å². The minimum absolute atomic E-state index is 0.0397. The largest absolute Gasteiger partial charge is 0.348 e. The van der Waals surface area contributed by atoms with Crippen molar-refractivity contribution in [1.82, 2.24) is 14.8 Å². The maximum Gasteiger partial charge on any atom is 0.257 e. The summed E-state index contributed by atoms with van der Waals surface area (Å²) in [5, 5.41) is 3.11. The van der Waals surface area contributed by atoms with Crippen LogP contribution in [0.4, 0.5) is 4.39 Å². The second-order valence-corrected chi connectivity index (χ2v) is 7.26. The normalized spacial score (nSPS) is 21.0. The highest BCUT2D eigenvalue weighted by Crippen LogP contribution is 2.34. The molecule has 1 N–H and O–H groups in total. The van der Waals surface area contributed by atoms with E-state index in [1.165, 1.54) is 24.3 Å². The van der Waals surface area contributed by atoms with Crippen LogP contribution in [0, 0.1) is 11.7 Å². The number of nitrogens with one attached hydrogen (secondary N) is 1. The Hall–Kier alpha value is -2.54. The van der Waals surface area contributed by atoms with Gasteiger partial charge in [0.15, 0.2) is 5.11 Å². The molecule has 4 rings (SSSR count). The third-order valence-electron chi connectivity index (χ3n) is 5.09. The third kappa shape index (κ3) is 3.14. The summed E-state index contributed by atoms with van der Waals surface area (Å²) in [5.41, 5.74) is 1.44. The van der Waals surface area contributed by atoms with Crippen LogP contribution in [-0.2, 0) is 6.54 Å². The van der Waals surface area contributed by atoms with Crippen LogP contribution >= 0.6 is 12.2 Å². The number of amides is 1. The summed E-state index contributed by atoms with van der Waals surface area (Å²) in [4.78, 5) is 26.4. The summed E-state index contributed by atoms with van der Waals surface area (Å²) >= 11 is 5.43. The summed E-state index contributed by atoms with van der Waals surface area (Å²) in [7, 11) is 0. The monoisotopic (exact) mass is 371 g/mol. The molecule has 0 spiro atoms. The SMILES string of the molecule is O=C(NC(=S)N1CC2CC(C1)c1cccc(=O)n1C2)c1ccc(F)cc1. The van der Waals surface area contributed by atoms with Crippen LogP contribution in [0.25, 0.3) is 0 Å². The molecule has 1 aromatic heterocycles. The third-order valence-corrected chi connectivity index (χ3v) is 5.45. The number of halogens is 1. The second kappa shape index (κ2) is 6.64. The highest BCUT2D eigenvalue weighted by Gasteiger charge is 2.35. The van der Waals surface area contributed by atoms with Gasteiger partial charge in [-0.1, -0.05) is 6.07 Å². The van der Waals surface area contributed by atoms with E-state index in [0.717, 1.165) is 12.1 Å². The summed E-state index contributed by atoms with van der Waals surface area (Å²) in [6.07, 6.45) is 1.02. The minimum atomic E-state index is -0.387. The van der Waals surface area contributed by atoms with Crippen LogP contribution in [0.3, 0.4) is 0 Å². The molecule has 1 saturated heterocycles. The molecular weight excluding hydrogens is 353 g/mol. The number of carbonyl (C=O) groups is 1. The maximum atomic E-state index is 13.0. The van der Waals surface area contributed by atoms with Gasteiger partial charge in [-0.05, 0) is 54.9 Å². The molecule has 2 bridgehead atoms. The van der Waals surface area contributed by atoms with Crippen LogP contribution < -0.4 is 10.9 Å². The Balaban J connectivity index is 1.48. The summed E-state index contributed by atoms with van der Waals surface area (Å²) in [6, 6.07) is 10.7. The Morgan fingerprint density at radius 1 is 1.12 bits per heavy atom. The average molecular weight is 371 g/mol. The lowest BCUT2D eigenvalue weighted by atomic mass is 9.83. The predicted molar refractivity (Wildman–Crippen MR) is 99.6 cm³/mol. The first-order chi connectivity index (χ1) is 12.5. The van der Waals surface area contributed by atoms with E-state index in [0.29, 0.717) is 36.2 Å². The van der Waals surface area contributed by atoms with E-state index in [-0.39, 0.29) is 23.2 Å². The maximum absolute atomic E-state index is 13.0. The molecule has 2 unspecified atom stereocenters. The van der Waals surface area contributed by atoms with Gasteiger partial charge in [-0.2, -0.15) is 0 Å². The zero-order valence-corrected chi connectivity index (χ0v) is 14.8. The van der Waals surface area contributed by atoms with Crippen molar-refractivity contribution < 1.29 is 9.18 Å². The molecule has 0 saturated carbocycles. The fraction of sp³-hybridized carbons (Fsp3) is 0.316. The summed E-state index contributed by atoms with van der Waals surface area (Å²) in [6.45, 7) is 2.05. The molecule has 5 nitrogen and oxygen atoms in total. The molecule has 7 heteroatoms. The van der Waals surface area contributed by atoms with Gasteiger partial charge in [0, 0.05) is 42.9 Å². The fourth-order valence-corrected chi connectivity index (χ4v) is 4.15. The Morgan fingerprint density at radius 2 is 1.88 bits per heavy atom.